The maximum Gasteiger partial charge on any atom is 0.238 e. The van der Waals surface area contributed by atoms with Crippen molar-refractivity contribution in [3.05, 3.63) is 90.2 Å². The van der Waals surface area contributed by atoms with E-state index in [0.29, 0.717) is 16.5 Å². The maximum atomic E-state index is 13.5. The molecule has 3 aromatic carbocycles. The molecule has 1 aliphatic heterocycles. The third-order valence-corrected chi connectivity index (χ3v) is 7.44. The summed E-state index contributed by atoms with van der Waals surface area (Å²) in [7, 11) is 0. The highest BCUT2D eigenvalue weighted by Gasteiger charge is 2.32. The molecule has 2 heterocycles. The number of para-hydroxylation sites is 1. The standard InChI is InChI=1S/C24H20FN5OS2/c25-18-12-10-17(11-13-18)23-27-28-24(30(23)26)33-15-22(31)29-19-8-4-5-9-21(19)32-14-20(29)16-6-2-1-3-7-16/h1-13,20H,14-15,26H2/t20-/m1/s1. The van der Waals surface area contributed by atoms with E-state index in [1.54, 1.807) is 23.9 Å². The number of hydrogen-bond donors (Lipinski definition) is 1. The molecular weight excluding hydrogens is 457 g/mol. The van der Waals surface area contributed by atoms with Crippen LogP contribution in [0.5, 0.6) is 0 Å². The lowest BCUT2D eigenvalue weighted by atomic mass is 10.1. The summed E-state index contributed by atoms with van der Waals surface area (Å²) in [6, 6.07) is 23.8. The van der Waals surface area contributed by atoms with Crippen molar-refractivity contribution in [1.29, 1.82) is 0 Å². The summed E-state index contributed by atoms with van der Waals surface area (Å²) in [5.41, 5.74) is 2.66. The number of rotatable bonds is 5. The number of halogens is 1. The largest absolute Gasteiger partial charge is 0.335 e. The molecule has 0 saturated heterocycles. The molecule has 0 radical (unpaired) electrons. The zero-order chi connectivity index (χ0) is 22.8. The van der Waals surface area contributed by atoms with Gasteiger partial charge in [0, 0.05) is 16.2 Å². The smallest absolute Gasteiger partial charge is 0.238 e. The molecule has 33 heavy (non-hydrogen) atoms. The fraction of sp³-hybridized carbons (Fsp3) is 0.125. The Hall–Kier alpha value is -3.30. The SMILES string of the molecule is Nn1c(SCC(=O)N2c3ccccc3SC[C@@H]2c2ccccc2)nnc1-c1ccc(F)cc1. The quantitative estimate of drug-likeness (QED) is 0.330. The minimum Gasteiger partial charge on any atom is -0.335 e. The van der Waals surface area contributed by atoms with Gasteiger partial charge < -0.3 is 10.7 Å². The highest BCUT2D eigenvalue weighted by molar-refractivity contribution is 8.00. The van der Waals surface area contributed by atoms with Gasteiger partial charge in [0.1, 0.15) is 5.82 Å². The minimum absolute atomic E-state index is 0.0343. The number of anilines is 1. The second-order valence-electron chi connectivity index (χ2n) is 7.44. The van der Waals surface area contributed by atoms with E-state index in [1.165, 1.54) is 28.6 Å². The predicted molar refractivity (Wildman–Crippen MR) is 130 cm³/mol. The number of carbonyl (C=O) groups excluding carboxylic acids is 1. The Bertz CT molecular complexity index is 1280. The lowest BCUT2D eigenvalue weighted by Gasteiger charge is -2.37. The molecule has 9 heteroatoms. The van der Waals surface area contributed by atoms with Gasteiger partial charge in [-0.1, -0.05) is 54.2 Å². The zero-order valence-corrected chi connectivity index (χ0v) is 19.1. The number of aromatic nitrogens is 3. The molecule has 0 spiro atoms. The number of fused-ring (bicyclic) bond motifs is 1. The summed E-state index contributed by atoms with van der Waals surface area (Å²) in [6.07, 6.45) is 0. The van der Waals surface area contributed by atoms with Gasteiger partial charge in [-0.05, 0) is 42.0 Å². The van der Waals surface area contributed by atoms with Crippen LogP contribution in [0, 0.1) is 5.82 Å². The normalized spacial score (nSPS) is 15.3. The molecule has 0 aliphatic carbocycles. The predicted octanol–water partition coefficient (Wildman–Crippen LogP) is 4.77. The van der Waals surface area contributed by atoms with E-state index in [4.69, 9.17) is 5.84 Å². The molecule has 1 aromatic heterocycles. The molecule has 0 fully saturated rings. The molecule has 0 bridgehead atoms. The van der Waals surface area contributed by atoms with Crippen LogP contribution >= 0.6 is 23.5 Å². The van der Waals surface area contributed by atoms with Gasteiger partial charge in [-0.3, -0.25) is 4.79 Å². The third kappa shape index (κ3) is 4.34. The van der Waals surface area contributed by atoms with Crippen LogP contribution in [0.4, 0.5) is 10.1 Å². The van der Waals surface area contributed by atoms with Crippen LogP contribution in [0.2, 0.25) is 0 Å². The van der Waals surface area contributed by atoms with Crippen LogP contribution in [0.15, 0.2) is 88.9 Å². The summed E-state index contributed by atoms with van der Waals surface area (Å²) in [6.45, 7) is 0. The van der Waals surface area contributed by atoms with E-state index < -0.39 is 0 Å². The molecule has 1 aliphatic rings. The first kappa shape index (κ1) is 21.5. The number of amides is 1. The molecule has 1 atom stereocenters. The maximum absolute atomic E-state index is 13.5. The molecule has 4 aromatic rings. The topological polar surface area (TPSA) is 77.0 Å². The second-order valence-corrected chi connectivity index (χ2v) is 9.45. The van der Waals surface area contributed by atoms with Crippen molar-refractivity contribution in [2.45, 2.75) is 16.1 Å². The van der Waals surface area contributed by atoms with E-state index in [1.807, 2.05) is 47.4 Å². The Kier molecular flexibility index (Phi) is 6.06. The highest BCUT2D eigenvalue weighted by atomic mass is 32.2. The van der Waals surface area contributed by atoms with Crippen molar-refractivity contribution in [2.24, 2.45) is 0 Å². The van der Waals surface area contributed by atoms with E-state index in [-0.39, 0.29) is 23.5 Å². The average molecular weight is 478 g/mol. The van der Waals surface area contributed by atoms with Gasteiger partial charge in [0.25, 0.3) is 0 Å². The van der Waals surface area contributed by atoms with Crippen molar-refractivity contribution in [3.63, 3.8) is 0 Å². The highest BCUT2D eigenvalue weighted by Crippen LogP contribution is 2.43. The van der Waals surface area contributed by atoms with Crippen LogP contribution in [0.1, 0.15) is 11.6 Å². The van der Waals surface area contributed by atoms with Crippen LogP contribution in [-0.4, -0.2) is 32.3 Å². The fourth-order valence-electron chi connectivity index (χ4n) is 3.79. The number of benzene rings is 3. The summed E-state index contributed by atoms with van der Waals surface area (Å²) in [4.78, 5) is 16.5. The molecule has 6 nitrogen and oxygen atoms in total. The summed E-state index contributed by atoms with van der Waals surface area (Å²) in [5.74, 6) is 7.15. The zero-order valence-electron chi connectivity index (χ0n) is 17.5. The van der Waals surface area contributed by atoms with Crippen molar-refractivity contribution in [2.75, 3.05) is 22.2 Å². The van der Waals surface area contributed by atoms with E-state index in [2.05, 4.69) is 22.3 Å². The number of nitrogens with zero attached hydrogens (tertiary/aromatic N) is 4. The van der Waals surface area contributed by atoms with Crippen LogP contribution in [0.25, 0.3) is 11.4 Å². The summed E-state index contributed by atoms with van der Waals surface area (Å²) >= 11 is 2.99. The number of nitrogen functional groups attached to an aromatic ring is 1. The number of hydrogen-bond acceptors (Lipinski definition) is 6. The fourth-order valence-corrected chi connectivity index (χ4v) is 5.67. The molecular formula is C24H20FN5OS2. The number of thioether (sulfide) groups is 2. The Labute approximate surface area is 199 Å². The van der Waals surface area contributed by atoms with Crippen LogP contribution < -0.4 is 10.7 Å². The van der Waals surface area contributed by atoms with Gasteiger partial charge in [-0.25, -0.2) is 9.07 Å². The molecule has 0 saturated carbocycles. The molecule has 2 N–H and O–H groups in total. The number of nitrogens with two attached hydrogens (primary N) is 1. The Balaban J connectivity index is 1.39. The van der Waals surface area contributed by atoms with Crippen molar-refractivity contribution < 1.29 is 9.18 Å². The Morgan fingerprint density at radius 1 is 1.03 bits per heavy atom. The van der Waals surface area contributed by atoms with Crippen molar-refractivity contribution >= 4 is 35.1 Å². The third-order valence-electron chi connectivity index (χ3n) is 5.38. The monoisotopic (exact) mass is 477 g/mol. The van der Waals surface area contributed by atoms with Gasteiger partial charge >= 0.3 is 0 Å². The van der Waals surface area contributed by atoms with Crippen LogP contribution in [0.3, 0.4) is 0 Å². The average Bonchev–Trinajstić information content (AvgIpc) is 3.23. The van der Waals surface area contributed by atoms with E-state index >= 15 is 0 Å². The summed E-state index contributed by atoms with van der Waals surface area (Å²) in [5, 5.41) is 8.67. The van der Waals surface area contributed by atoms with E-state index in [0.717, 1.165) is 21.9 Å². The second kappa shape index (κ2) is 9.29. The van der Waals surface area contributed by atoms with Gasteiger partial charge in [-0.2, -0.15) is 0 Å². The molecule has 5 rings (SSSR count). The van der Waals surface area contributed by atoms with Crippen molar-refractivity contribution in [3.8, 4) is 11.4 Å². The van der Waals surface area contributed by atoms with Gasteiger partial charge in [0.05, 0.1) is 17.5 Å². The number of carbonyl (C=O) groups is 1. The summed E-state index contributed by atoms with van der Waals surface area (Å²) < 4.78 is 14.6. The lowest BCUT2D eigenvalue weighted by molar-refractivity contribution is -0.116. The van der Waals surface area contributed by atoms with Crippen molar-refractivity contribution in [1.82, 2.24) is 14.9 Å². The minimum atomic E-state index is -0.338. The van der Waals surface area contributed by atoms with Gasteiger partial charge in [-0.15, -0.1) is 22.0 Å². The Morgan fingerprint density at radius 3 is 2.55 bits per heavy atom. The Morgan fingerprint density at radius 2 is 1.76 bits per heavy atom. The van der Waals surface area contributed by atoms with E-state index in [9.17, 15) is 9.18 Å². The first-order chi connectivity index (χ1) is 16.1. The lowest BCUT2D eigenvalue weighted by Crippen LogP contribution is -2.39. The van der Waals surface area contributed by atoms with Gasteiger partial charge in [0.2, 0.25) is 11.1 Å². The molecule has 1 amide bonds. The van der Waals surface area contributed by atoms with Gasteiger partial charge in [0.15, 0.2) is 5.82 Å². The molecule has 0 unspecified atom stereocenters. The molecule has 166 valence electrons. The van der Waals surface area contributed by atoms with Crippen LogP contribution in [-0.2, 0) is 4.79 Å². The first-order valence-electron chi connectivity index (χ1n) is 10.3. The first-order valence-corrected chi connectivity index (χ1v) is 12.3.